The number of aromatic amines is 1. The van der Waals surface area contributed by atoms with E-state index in [9.17, 15) is 10.1 Å². The van der Waals surface area contributed by atoms with Crippen LogP contribution in [0, 0.1) is 17.0 Å². The fraction of sp³-hybridized carbons (Fsp3) is 0.625. The lowest BCUT2D eigenvalue weighted by Crippen LogP contribution is -2.13. The SMILES string of the molecule is Cc1[nH]c([N+](=O)[O-])nc1C(C)(C)C. The molecular formula is C8H13N3O2. The molecule has 5 nitrogen and oxygen atoms in total. The molecule has 0 fully saturated rings. The molecule has 1 aromatic heterocycles. The van der Waals surface area contributed by atoms with Gasteiger partial charge in [0.2, 0.25) is 0 Å². The molecule has 0 aliphatic rings. The van der Waals surface area contributed by atoms with Gasteiger partial charge in [-0.05, 0) is 11.8 Å². The number of hydrogen-bond donors (Lipinski definition) is 1. The third-order valence-corrected chi connectivity index (χ3v) is 1.76. The van der Waals surface area contributed by atoms with Crippen LogP contribution in [0.15, 0.2) is 0 Å². The van der Waals surface area contributed by atoms with Gasteiger partial charge in [0.25, 0.3) is 0 Å². The maximum atomic E-state index is 10.4. The van der Waals surface area contributed by atoms with Gasteiger partial charge in [-0.25, -0.2) is 4.98 Å². The third kappa shape index (κ3) is 1.85. The number of H-pyrrole nitrogens is 1. The Morgan fingerprint density at radius 3 is 2.23 bits per heavy atom. The number of hydrogen-bond acceptors (Lipinski definition) is 3. The van der Waals surface area contributed by atoms with E-state index in [1.807, 2.05) is 20.8 Å². The van der Waals surface area contributed by atoms with Crippen molar-refractivity contribution in [3.63, 3.8) is 0 Å². The summed E-state index contributed by atoms with van der Waals surface area (Å²) < 4.78 is 0. The van der Waals surface area contributed by atoms with E-state index in [0.717, 1.165) is 11.4 Å². The van der Waals surface area contributed by atoms with Crippen LogP contribution in [-0.4, -0.2) is 14.9 Å². The summed E-state index contributed by atoms with van der Waals surface area (Å²) in [6, 6.07) is 0. The van der Waals surface area contributed by atoms with Gasteiger partial charge in [-0.2, -0.15) is 0 Å². The average Bonchev–Trinajstić information content (AvgIpc) is 2.29. The monoisotopic (exact) mass is 183 g/mol. The molecule has 0 saturated carbocycles. The molecule has 0 unspecified atom stereocenters. The summed E-state index contributed by atoms with van der Waals surface area (Å²) in [5.41, 5.74) is 1.35. The standard InChI is InChI=1S/C8H13N3O2/c1-5-6(8(2,3)4)10-7(9-5)11(12)13/h1-4H3,(H,9,10). The van der Waals surface area contributed by atoms with E-state index < -0.39 is 4.92 Å². The fourth-order valence-corrected chi connectivity index (χ4v) is 1.26. The Labute approximate surface area is 76.3 Å². The smallest absolute Gasteiger partial charge is 0.390 e. The van der Waals surface area contributed by atoms with Crippen LogP contribution in [-0.2, 0) is 5.41 Å². The molecule has 1 heterocycles. The fourth-order valence-electron chi connectivity index (χ4n) is 1.26. The van der Waals surface area contributed by atoms with Crippen molar-refractivity contribution in [2.24, 2.45) is 0 Å². The Bertz CT molecular complexity index is 336. The van der Waals surface area contributed by atoms with Crippen LogP contribution in [0.3, 0.4) is 0 Å². The Morgan fingerprint density at radius 1 is 1.46 bits per heavy atom. The molecule has 0 aliphatic heterocycles. The molecule has 0 aliphatic carbocycles. The zero-order valence-corrected chi connectivity index (χ0v) is 8.21. The van der Waals surface area contributed by atoms with Gasteiger partial charge in [-0.1, -0.05) is 25.8 Å². The van der Waals surface area contributed by atoms with Crippen molar-refractivity contribution < 1.29 is 4.92 Å². The van der Waals surface area contributed by atoms with Crippen LogP contribution in [0.5, 0.6) is 0 Å². The summed E-state index contributed by atoms with van der Waals surface area (Å²) in [5.74, 6) is -0.178. The van der Waals surface area contributed by atoms with E-state index in [0.29, 0.717) is 0 Å². The van der Waals surface area contributed by atoms with Gasteiger partial charge in [0.05, 0.1) is 0 Å². The van der Waals surface area contributed by atoms with Crippen LogP contribution in [0.2, 0.25) is 0 Å². The van der Waals surface area contributed by atoms with E-state index >= 15 is 0 Å². The Kier molecular flexibility index (Phi) is 2.11. The van der Waals surface area contributed by atoms with E-state index in [1.54, 1.807) is 6.92 Å². The zero-order valence-electron chi connectivity index (χ0n) is 8.21. The molecule has 72 valence electrons. The van der Waals surface area contributed by atoms with E-state index in [-0.39, 0.29) is 11.4 Å². The summed E-state index contributed by atoms with van der Waals surface area (Å²) in [4.78, 5) is 16.5. The first kappa shape index (κ1) is 9.70. The van der Waals surface area contributed by atoms with Gasteiger partial charge in [-0.15, -0.1) is 0 Å². The topological polar surface area (TPSA) is 71.8 Å². The molecule has 0 radical (unpaired) electrons. The second kappa shape index (κ2) is 2.83. The number of rotatable bonds is 1. The molecular weight excluding hydrogens is 170 g/mol. The van der Waals surface area contributed by atoms with Gasteiger partial charge < -0.3 is 10.1 Å². The Hall–Kier alpha value is -1.39. The molecule has 0 saturated heterocycles. The maximum Gasteiger partial charge on any atom is 0.432 e. The number of imidazole rings is 1. The van der Waals surface area contributed by atoms with Crippen molar-refractivity contribution >= 4 is 5.95 Å². The van der Waals surface area contributed by atoms with Gasteiger partial charge in [0.15, 0.2) is 5.69 Å². The first-order chi connectivity index (χ1) is 5.82. The second-order valence-electron chi connectivity index (χ2n) is 4.04. The summed E-state index contributed by atoms with van der Waals surface area (Å²) >= 11 is 0. The number of nitrogens with zero attached hydrogens (tertiary/aromatic N) is 2. The molecule has 0 bridgehead atoms. The van der Waals surface area contributed by atoms with E-state index in [1.165, 1.54) is 0 Å². The second-order valence-corrected chi connectivity index (χ2v) is 4.04. The van der Waals surface area contributed by atoms with Crippen LogP contribution in [0.25, 0.3) is 0 Å². The molecule has 1 rings (SSSR count). The van der Waals surface area contributed by atoms with E-state index in [4.69, 9.17) is 0 Å². The third-order valence-electron chi connectivity index (χ3n) is 1.76. The highest BCUT2D eigenvalue weighted by molar-refractivity contribution is 5.25. The van der Waals surface area contributed by atoms with Crippen LogP contribution in [0.1, 0.15) is 32.2 Å². The number of nitrogens with one attached hydrogen (secondary N) is 1. The zero-order chi connectivity index (χ0) is 10.2. The lowest BCUT2D eigenvalue weighted by molar-refractivity contribution is -0.393. The van der Waals surface area contributed by atoms with Gasteiger partial charge in [-0.3, -0.25) is 0 Å². The summed E-state index contributed by atoms with van der Waals surface area (Å²) in [5, 5.41) is 10.4. The minimum atomic E-state index is -0.512. The average molecular weight is 183 g/mol. The van der Waals surface area contributed by atoms with Gasteiger partial charge >= 0.3 is 5.95 Å². The van der Waals surface area contributed by atoms with Crippen molar-refractivity contribution in [3.05, 3.63) is 21.5 Å². The molecule has 0 atom stereocenters. The molecule has 0 spiro atoms. The minimum Gasteiger partial charge on any atom is -0.390 e. The van der Waals surface area contributed by atoms with Crippen molar-refractivity contribution in [2.75, 3.05) is 0 Å². The van der Waals surface area contributed by atoms with Gasteiger partial charge in [0.1, 0.15) is 5.69 Å². The normalized spacial score (nSPS) is 11.7. The molecule has 0 aromatic carbocycles. The predicted octanol–water partition coefficient (Wildman–Crippen LogP) is 1.92. The summed E-state index contributed by atoms with van der Waals surface area (Å²) in [6.07, 6.45) is 0. The van der Waals surface area contributed by atoms with Crippen LogP contribution < -0.4 is 0 Å². The Balaban J connectivity index is 3.18. The molecule has 5 heteroatoms. The van der Waals surface area contributed by atoms with Crippen LogP contribution >= 0.6 is 0 Å². The minimum absolute atomic E-state index is 0.158. The molecule has 1 N–H and O–H groups in total. The largest absolute Gasteiger partial charge is 0.432 e. The lowest BCUT2D eigenvalue weighted by atomic mass is 9.91. The lowest BCUT2D eigenvalue weighted by Gasteiger charge is -2.11. The van der Waals surface area contributed by atoms with Gasteiger partial charge in [0, 0.05) is 5.41 Å². The van der Waals surface area contributed by atoms with Crippen molar-refractivity contribution in [2.45, 2.75) is 33.1 Å². The summed E-state index contributed by atoms with van der Waals surface area (Å²) in [7, 11) is 0. The predicted molar refractivity (Wildman–Crippen MR) is 48.7 cm³/mol. The highest BCUT2D eigenvalue weighted by atomic mass is 16.6. The van der Waals surface area contributed by atoms with E-state index in [2.05, 4.69) is 9.97 Å². The summed E-state index contributed by atoms with van der Waals surface area (Å²) in [6.45, 7) is 7.71. The van der Waals surface area contributed by atoms with Crippen molar-refractivity contribution in [1.29, 1.82) is 0 Å². The van der Waals surface area contributed by atoms with Crippen molar-refractivity contribution in [1.82, 2.24) is 9.97 Å². The number of aromatic nitrogens is 2. The molecule has 0 amide bonds. The Morgan fingerprint density at radius 2 is 2.00 bits per heavy atom. The molecule has 13 heavy (non-hydrogen) atoms. The number of nitro groups is 1. The quantitative estimate of drug-likeness (QED) is 0.534. The first-order valence-corrected chi connectivity index (χ1v) is 4.04. The molecule has 1 aromatic rings. The van der Waals surface area contributed by atoms with Crippen molar-refractivity contribution in [3.8, 4) is 0 Å². The van der Waals surface area contributed by atoms with Crippen LogP contribution in [0.4, 0.5) is 5.95 Å². The first-order valence-electron chi connectivity index (χ1n) is 4.04. The maximum absolute atomic E-state index is 10.4. The highest BCUT2D eigenvalue weighted by Crippen LogP contribution is 2.25. The highest BCUT2D eigenvalue weighted by Gasteiger charge is 2.27. The number of aryl methyl sites for hydroxylation is 1.